The molecule has 0 bridgehead atoms. The summed E-state index contributed by atoms with van der Waals surface area (Å²) in [5, 5.41) is 3.66. The van der Waals surface area contributed by atoms with Crippen LogP contribution in [-0.2, 0) is 0 Å². The first-order valence-corrected chi connectivity index (χ1v) is 6.08. The number of nitrogens with one attached hydrogen (secondary N) is 1. The summed E-state index contributed by atoms with van der Waals surface area (Å²) in [6, 6.07) is 0.763. The second-order valence-electron chi connectivity index (χ2n) is 4.49. The van der Waals surface area contributed by atoms with E-state index in [1.807, 2.05) is 0 Å². The third-order valence-corrected chi connectivity index (χ3v) is 3.35. The van der Waals surface area contributed by atoms with Crippen LogP contribution in [0.3, 0.4) is 0 Å². The quantitative estimate of drug-likeness (QED) is 0.623. The average Bonchev–Trinajstić information content (AvgIpc) is 2.65. The summed E-state index contributed by atoms with van der Waals surface area (Å²) in [7, 11) is 0. The Labute approximate surface area is 83.3 Å². The van der Waals surface area contributed by atoms with Gasteiger partial charge in [0.05, 0.1) is 0 Å². The van der Waals surface area contributed by atoms with Crippen LogP contribution in [0.15, 0.2) is 0 Å². The second kappa shape index (κ2) is 6.42. The summed E-state index contributed by atoms with van der Waals surface area (Å²) < 4.78 is 0. The van der Waals surface area contributed by atoms with Crippen molar-refractivity contribution in [2.24, 2.45) is 5.92 Å². The van der Waals surface area contributed by atoms with E-state index in [2.05, 4.69) is 19.2 Å². The number of unbranched alkanes of at least 4 members (excludes halogenated alkanes) is 2. The molecule has 0 heterocycles. The van der Waals surface area contributed by atoms with Gasteiger partial charge in [-0.3, -0.25) is 0 Å². The van der Waals surface area contributed by atoms with Gasteiger partial charge in [-0.2, -0.15) is 0 Å². The number of hydrogen-bond donors (Lipinski definition) is 1. The van der Waals surface area contributed by atoms with Crippen molar-refractivity contribution in [2.45, 2.75) is 64.8 Å². The van der Waals surface area contributed by atoms with Gasteiger partial charge in [0, 0.05) is 6.04 Å². The molecule has 1 fully saturated rings. The first-order chi connectivity index (χ1) is 6.34. The third-order valence-electron chi connectivity index (χ3n) is 3.35. The molecular formula is C12H25N. The largest absolute Gasteiger partial charge is 0.314 e. The molecule has 1 atom stereocenters. The minimum absolute atomic E-state index is 0.763. The van der Waals surface area contributed by atoms with Crippen LogP contribution in [0.1, 0.15) is 58.8 Å². The van der Waals surface area contributed by atoms with Crippen LogP contribution < -0.4 is 5.32 Å². The number of rotatable bonds is 6. The van der Waals surface area contributed by atoms with Crippen molar-refractivity contribution in [2.75, 3.05) is 6.54 Å². The molecule has 1 saturated carbocycles. The molecule has 1 aliphatic rings. The van der Waals surface area contributed by atoms with Gasteiger partial charge in [-0.15, -0.1) is 0 Å². The lowest BCUT2D eigenvalue weighted by Crippen LogP contribution is -2.32. The Balaban J connectivity index is 1.99. The molecule has 1 rings (SSSR count). The summed E-state index contributed by atoms with van der Waals surface area (Å²) in [4.78, 5) is 0. The molecule has 78 valence electrons. The van der Waals surface area contributed by atoms with E-state index in [-0.39, 0.29) is 0 Å². The molecule has 1 N–H and O–H groups in total. The predicted molar refractivity (Wildman–Crippen MR) is 58.9 cm³/mol. The van der Waals surface area contributed by atoms with E-state index in [4.69, 9.17) is 0 Å². The Morgan fingerprint density at radius 2 is 1.92 bits per heavy atom. The highest BCUT2D eigenvalue weighted by Gasteiger charge is 2.20. The van der Waals surface area contributed by atoms with E-state index in [1.54, 1.807) is 0 Å². The minimum Gasteiger partial charge on any atom is -0.314 e. The van der Waals surface area contributed by atoms with Crippen molar-refractivity contribution in [3.05, 3.63) is 0 Å². The van der Waals surface area contributed by atoms with Crippen LogP contribution in [-0.4, -0.2) is 12.6 Å². The average molecular weight is 183 g/mol. The maximum Gasteiger partial charge on any atom is 0.00669 e. The van der Waals surface area contributed by atoms with Crippen LogP contribution in [0.25, 0.3) is 0 Å². The minimum atomic E-state index is 0.763. The fourth-order valence-corrected chi connectivity index (χ4v) is 2.33. The van der Waals surface area contributed by atoms with E-state index in [9.17, 15) is 0 Å². The Bertz CT molecular complexity index is 116. The number of hydrogen-bond acceptors (Lipinski definition) is 1. The van der Waals surface area contributed by atoms with Crippen molar-refractivity contribution in [1.82, 2.24) is 5.32 Å². The lowest BCUT2D eigenvalue weighted by Gasteiger charge is -2.20. The van der Waals surface area contributed by atoms with E-state index in [0.29, 0.717) is 0 Å². The molecule has 0 spiro atoms. The maximum atomic E-state index is 3.66. The van der Waals surface area contributed by atoms with E-state index < -0.39 is 0 Å². The van der Waals surface area contributed by atoms with Gasteiger partial charge in [-0.05, 0) is 38.6 Å². The molecule has 1 aliphatic carbocycles. The van der Waals surface area contributed by atoms with Gasteiger partial charge < -0.3 is 5.32 Å². The fraction of sp³-hybridized carbons (Fsp3) is 1.00. The monoisotopic (exact) mass is 183 g/mol. The summed E-state index contributed by atoms with van der Waals surface area (Å²) in [5.41, 5.74) is 0. The lowest BCUT2D eigenvalue weighted by atomic mass is 10.00. The van der Waals surface area contributed by atoms with Gasteiger partial charge in [0.25, 0.3) is 0 Å². The highest BCUT2D eigenvalue weighted by atomic mass is 14.9. The van der Waals surface area contributed by atoms with Gasteiger partial charge in [0.1, 0.15) is 0 Å². The Morgan fingerprint density at radius 3 is 2.54 bits per heavy atom. The molecule has 0 aromatic rings. The summed E-state index contributed by atoms with van der Waals surface area (Å²) in [6.07, 6.45) is 9.92. The van der Waals surface area contributed by atoms with Gasteiger partial charge in [-0.1, -0.05) is 32.6 Å². The molecule has 0 aromatic heterocycles. The van der Waals surface area contributed by atoms with Crippen molar-refractivity contribution in [1.29, 1.82) is 0 Å². The van der Waals surface area contributed by atoms with Crippen LogP contribution in [0.4, 0.5) is 0 Å². The molecule has 0 aromatic carbocycles. The summed E-state index contributed by atoms with van der Waals surface area (Å²) in [5.74, 6) is 0.974. The van der Waals surface area contributed by atoms with Crippen molar-refractivity contribution in [3.8, 4) is 0 Å². The van der Waals surface area contributed by atoms with Gasteiger partial charge in [0.2, 0.25) is 0 Å². The molecule has 1 heteroatoms. The van der Waals surface area contributed by atoms with Crippen LogP contribution in [0, 0.1) is 5.92 Å². The Kier molecular flexibility index (Phi) is 5.45. The zero-order valence-electron chi connectivity index (χ0n) is 9.31. The van der Waals surface area contributed by atoms with E-state index in [0.717, 1.165) is 12.0 Å². The maximum absolute atomic E-state index is 3.66. The molecule has 0 aliphatic heterocycles. The van der Waals surface area contributed by atoms with Crippen LogP contribution >= 0.6 is 0 Å². The predicted octanol–water partition coefficient (Wildman–Crippen LogP) is 3.34. The normalized spacial score (nSPS) is 20.8. The van der Waals surface area contributed by atoms with Crippen LogP contribution in [0.5, 0.6) is 0 Å². The first kappa shape index (κ1) is 11.0. The molecule has 13 heavy (non-hydrogen) atoms. The Morgan fingerprint density at radius 1 is 1.23 bits per heavy atom. The van der Waals surface area contributed by atoms with Gasteiger partial charge >= 0.3 is 0 Å². The first-order valence-electron chi connectivity index (χ1n) is 6.08. The Hall–Kier alpha value is -0.0400. The second-order valence-corrected chi connectivity index (χ2v) is 4.49. The van der Waals surface area contributed by atoms with Crippen LogP contribution in [0.2, 0.25) is 0 Å². The van der Waals surface area contributed by atoms with Crippen molar-refractivity contribution in [3.63, 3.8) is 0 Å². The molecular weight excluding hydrogens is 158 g/mol. The molecule has 1 nitrogen and oxygen atoms in total. The van der Waals surface area contributed by atoms with E-state index >= 15 is 0 Å². The summed E-state index contributed by atoms with van der Waals surface area (Å²) in [6.45, 7) is 5.85. The molecule has 0 saturated heterocycles. The topological polar surface area (TPSA) is 12.0 Å². The standard InChI is InChI=1S/C12H25N/c1-3-4-7-10-13-11(2)12-8-5-6-9-12/h11-13H,3-10H2,1-2H3/t11-/m0/s1. The lowest BCUT2D eigenvalue weighted by molar-refractivity contribution is 0.378. The van der Waals surface area contributed by atoms with Crippen molar-refractivity contribution < 1.29 is 0 Å². The molecule has 0 unspecified atom stereocenters. The SMILES string of the molecule is CCCCCN[C@@H](C)C1CCCC1. The van der Waals surface area contributed by atoms with E-state index in [1.165, 1.54) is 51.5 Å². The van der Waals surface area contributed by atoms with Gasteiger partial charge in [0.15, 0.2) is 0 Å². The zero-order chi connectivity index (χ0) is 9.52. The highest BCUT2D eigenvalue weighted by molar-refractivity contribution is 4.76. The smallest absolute Gasteiger partial charge is 0.00669 e. The summed E-state index contributed by atoms with van der Waals surface area (Å²) >= 11 is 0. The molecule has 0 radical (unpaired) electrons. The van der Waals surface area contributed by atoms with Gasteiger partial charge in [-0.25, -0.2) is 0 Å². The highest BCUT2D eigenvalue weighted by Crippen LogP contribution is 2.27. The fourth-order valence-electron chi connectivity index (χ4n) is 2.33. The third kappa shape index (κ3) is 4.12. The van der Waals surface area contributed by atoms with Crippen molar-refractivity contribution >= 4 is 0 Å². The zero-order valence-corrected chi connectivity index (χ0v) is 9.31. The molecule has 0 amide bonds.